The number of halogens is 1. The molecular weight excluding hydrogens is 190 g/mol. The Labute approximate surface area is 80.1 Å². The molecule has 0 atom stereocenters. The molecule has 0 aromatic carbocycles. The van der Waals surface area contributed by atoms with E-state index in [1.807, 2.05) is 0 Å². The minimum Gasteiger partial charge on any atom is -0.369 e. The molecule has 0 aliphatic rings. The molecule has 5 nitrogen and oxygen atoms in total. The lowest BCUT2D eigenvalue weighted by Gasteiger charge is -1.92. The van der Waals surface area contributed by atoms with Gasteiger partial charge in [0.2, 0.25) is 5.96 Å². The summed E-state index contributed by atoms with van der Waals surface area (Å²) in [6.07, 6.45) is 3.01. The molecule has 1 heterocycles. The summed E-state index contributed by atoms with van der Waals surface area (Å²) in [5.41, 5.74) is 10.8. The first kappa shape index (κ1) is 9.47. The van der Waals surface area contributed by atoms with Gasteiger partial charge in [0.05, 0.1) is 6.21 Å². The first-order chi connectivity index (χ1) is 6.20. The van der Waals surface area contributed by atoms with Crippen molar-refractivity contribution < 1.29 is 0 Å². The second-order valence-electron chi connectivity index (χ2n) is 2.15. The van der Waals surface area contributed by atoms with Crippen molar-refractivity contribution in [2.75, 3.05) is 0 Å². The van der Waals surface area contributed by atoms with Gasteiger partial charge in [-0.3, -0.25) is 0 Å². The third-order valence-electron chi connectivity index (χ3n) is 1.16. The van der Waals surface area contributed by atoms with Gasteiger partial charge in [-0.15, -0.1) is 5.10 Å². The third kappa shape index (κ3) is 3.08. The summed E-state index contributed by atoms with van der Waals surface area (Å²) in [4.78, 5) is 3.84. The van der Waals surface area contributed by atoms with E-state index in [1.54, 1.807) is 18.3 Å². The summed E-state index contributed by atoms with van der Waals surface area (Å²) >= 11 is 5.73. The Hall–Kier alpha value is -1.62. The van der Waals surface area contributed by atoms with E-state index in [9.17, 15) is 0 Å². The highest BCUT2D eigenvalue weighted by Crippen LogP contribution is 2.08. The molecule has 0 saturated carbocycles. The fraction of sp³-hybridized carbons (Fsp3) is 0. The number of aromatic nitrogens is 1. The van der Waals surface area contributed by atoms with Gasteiger partial charge in [-0.25, -0.2) is 4.98 Å². The van der Waals surface area contributed by atoms with Crippen LogP contribution in [0.5, 0.6) is 0 Å². The summed E-state index contributed by atoms with van der Waals surface area (Å²) < 4.78 is 0. The van der Waals surface area contributed by atoms with Gasteiger partial charge in [0, 0.05) is 11.8 Å². The van der Waals surface area contributed by atoms with E-state index >= 15 is 0 Å². The van der Waals surface area contributed by atoms with Crippen LogP contribution in [-0.2, 0) is 0 Å². The van der Waals surface area contributed by atoms with E-state index in [4.69, 9.17) is 23.1 Å². The highest BCUT2D eigenvalue weighted by atomic mass is 35.5. The average Bonchev–Trinajstić information content (AvgIpc) is 2.08. The average molecular weight is 198 g/mol. The molecule has 1 rings (SSSR count). The number of hydrogen-bond donors (Lipinski definition) is 2. The zero-order chi connectivity index (χ0) is 9.68. The van der Waals surface area contributed by atoms with Crippen LogP contribution >= 0.6 is 11.6 Å². The molecule has 0 spiro atoms. The van der Waals surface area contributed by atoms with Gasteiger partial charge in [0.25, 0.3) is 0 Å². The molecule has 1 aromatic rings. The Bertz CT molecular complexity index is 342. The minimum atomic E-state index is -0.101. The van der Waals surface area contributed by atoms with Crippen molar-refractivity contribution in [2.24, 2.45) is 21.7 Å². The molecule has 0 unspecified atom stereocenters. The molecule has 6 heteroatoms. The number of guanidine groups is 1. The molecule has 68 valence electrons. The maximum Gasteiger partial charge on any atom is 0.211 e. The number of nitrogens with zero attached hydrogens (tertiary/aromatic N) is 3. The number of nitrogens with two attached hydrogens (primary N) is 2. The Kier molecular flexibility index (Phi) is 3.22. The van der Waals surface area contributed by atoms with Gasteiger partial charge in [-0.2, -0.15) is 5.10 Å². The summed E-state index contributed by atoms with van der Waals surface area (Å²) in [6.45, 7) is 0. The maximum atomic E-state index is 5.73. The Balaban J connectivity index is 2.80. The quantitative estimate of drug-likeness (QED) is 0.310. The Morgan fingerprint density at radius 3 is 2.92 bits per heavy atom. The molecule has 0 aliphatic carbocycles. The summed E-state index contributed by atoms with van der Waals surface area (Å²) in [7, 11) is 0. The van der Waals surface area contributed by atoms with Gasteiger partial charge >= 0.3 is 0 Å². The van der Waals surface area contributed by atoms with Crippen LogP contribution < -0.4 is 11.5 Å². The van der Waals surface area contributed by atoms with Crippen LogP contribution in [0.3, 0.4) is 0 Å². The molecule has 0 amide bonds. The summed E-state index contributed by atoms with van der Waals surface area (Å²) in [6, 6.07) is 3.49. The second-order valence-corrected chi connectivity index (χ2v) is 2.51. The van der Waals surface area contributed by atoms with Gasteiger partial charge in [-0.1, -0.05) is 11.6 Å². The summed E-state index contributed by atoms with van der Waals surface area (Å²) in [5.74, 6) is -0.101. The fourth-order valence-corrected chi connectivity index (χ4v) is 0.821. The van der Waals surface area contributed by atoms with Crippen LogP contribution in [0.15, 0.2) is 28.5 Å². The van der Waals surface area contributed by atoms with Crippen molar-refractivity contribution in [3.05, 3.63) is 29.0 Å². The normalized spacial score (nSPS) is 10.2. The van der Waals surface area contributed by atoms with Crippen LogP contribution in [0.4, 0.5) is 0 Å². The molecule has 0 saturated heterocycles. The standard InChI is InChI=1S/C7H8ClN5/c8-6-5(2-1-3-11-6)4-12-13-7(9)10/h1-4H,(H4,9,10,13)/b12-4+. The summed E-state index contributed by atoms with van der Waals surface area (Å²) in [5, 5.41) is 7.37. The van der Waals surface area contributed by atoms with Crippen molar-refractivity contribution in [1.29, 1.82) is 0 Å². The van der Waals surface area contributed by atoms with Crippen molar-refractivity contribution in [1.82, 2.24) is 4.98 Å². The van der Waals surface area contributed by atoms with Crippen molar-refractivity contribution >= 4 is 23.8 Å². The van der Waals surface area contributed by atoms with Crippen LogP contribution in [-0.4, -0.2) is 17.2 Å². The zero-order valence-corrected chi connectivity index (χ0v) is 7.44. The first-order valence-corrected chi connectivity index (χ1v) is 3.80. The number of rotatable bonds is 2. The maximum absolute atomic E-state index is 5.73. The van der Waals surface area contributed by atoms with Crippen molar-refractivity contribution in [2.45, 2.75) is 0 Å². The molecule has 1 aromatic heterocycles. The lowest BCUT2D eigenvalue weighted by Crippen LogP contribution is -2.21. The Morgan fingerprint density at radius 1 is 1.54 bits per heavy atom. The molecule has 13 heavy (non-hydrogen) atoms. The van der Waals surface area contributed by atoms with E-state index in [2.05, 4.69) is 15.2 Å². The number of hydrogen-bond acceptors (Lipinski definition) is 3. The van der Waals surface area contributed by atoms with Crippen LogP contribution in [0.25, 0.3) is 0 Å². The first-order valence-electron chi connectivity index (χ1n) is 3.42. The van der Waals surface area contributed by atoms with E-state index < -0.39 is 0 Å². The molecule has 0 aliphatic heterocycles. The molecule has 0 fully saturated rings. The van der Waals surface area contributed by atoms with Crippen LogP contribution in [0, 0.1) is 0 Å². The largest absolute Gasteiger partial charge is 0.369 e. The molecule has 4 N–H and O–H groups in total. The minimum absolute atomic E-state index is 0.101. The molecular formula is C7H8ClN5. The van der Waals surface area contributed by atoms with Gasteiger partial charge in [0.1, 0.15) is 5.15 Å². The molecule has 0 radical (unpaired) electrons. The lowest BCUT2D eigenvalue weighted by atomic mass is 10.3. The topological polar surface area (TPSA) is 89.7 Å². The zero-order valence-electron chi connectivity index (χ0n) is 6.68. The number of pyridine rings is 1. The van der Waals surface area contributed by atoms with Gasteiger partial charge < -0.3 is 11.5 Å². The smallest absolute Gasteiger partial charge is 0.211 e. The third-order valence-corrected chi connectivity index (χ3v) is 1.47. The van der Waals surface area contributed by atoms with E-state index in [0.717, 1.165) is 0 Å². The lowest BCUT2D eigenvalue weighted by molar-refractivity contribution is 1.21. The van der Waals surface area contributed by atoms with Crippen LogP contribution in [0.2, 0.25) is 5.15 Å². The fourth-order valence-electron chi connectivity index (χ4n) is 0.653. The molecule has 0 bridgehead atoms. The van der Waals surface area contributed by atoms with E-state index in [0.29, 0.717) is 10.7 Å². The van der Waals surface area contributed by atoms with Crippen molar-refractivity contribution in [3.63, 3.8) is 0 Å². The van der Waals surface area contributed by atoms with Crippen LogP contribution in [0.1, 0.15) is 5.56 Å². The van der Waals surface area contributed by atoms with Gasteiger partial charge in [0.15, 0.2) is 0 Å². The highest BCUT2D eigenvalue weighted by molar-refractivity contribution is 6.31. The highest BCUT2D eigenvalue weighted by Gasteiger charge is 1.94. The van der Waals surface area contributed by atoms with E-state index in [-0.39, 0.29) is 5.96 Å². The predicted octanol–water partition coefficient (Wildman–Crippen LogP) is 0.342. The van der Waals surface area contributed by atoms with Crippen molar-refractivity contribution in [3.8, 4) is 0 Å². The van der Waals surface area contributed by atoms with Gasteiger partial charge in [-0.05, 0) is 12.1 Å². The monoisotopic (exact) mass is 197 g/mol. The Morgan fingerprint density at radius 2 is 2.31 bits per heavy atom. The van der Waals surface area contributed by atoms with E-state index in [1.165, 1.54) is 6.21 Å². The second kappa shape index (κ2) is 4.42. The SMILES string of the molecule is NC(N)=N/N=C/c1cccnc1Cl. The predicted molar refractivity (Wildman–Crippen MR) is 52.7 cm³/mol.